The molecule has 0 bridgehead atoms. The SMILES string of the molecule is CCOc1cc(/C=N\NC(=O)C2COc3ccccc3O2)ccc1O. The number of carbonyl (C=O) groups is 1. The van der Waals surface area contributed by atoms with Gasteiger partial charge in [0.25, 0.3) is 5.91 Å². The molecule has 2 aromatic rings. The summed E-state index contributed by atoms with van der Waals surface area (Å²) in [6, 6.07) is 12.0. The van der Waals surface area contributed by atoms with Crippen LogP contribution in [0, 0.1) is 0 Å². The van der Waals surface area contributed by atoms with Gasteiger partial charge in [-0.25, -0.2) is 5.43 Å². The number of fused-ring (bicyclic) bond motifs is 1. The Hall–Kier alpha value is -3.22. The lowest BCUT2D eigenvalue weighted by Gasteiger charge is -2.24. The summed E-state index contributed by atoms with van der Waals surface area (Å²) < 4.78 is 16.4. The minimum absolute atomic E-state index is 0.0504. The van der Waals surface area contributed by atoms with E-state index in [9.17, 15) is 9.90 Å². The molecule has 3 rings (SSSR count). The number of hydrogen-bond donors (Lipinski definition) is 2. The Morgan fingerprint density at radius 1 is 1.36 bits per heavy atom. The van der Waals surface area contributed by atoms with Gasteiger partial charge in [-0.15, -0.1) is 0 Å². The average molecular weight is 342 g/mol. The highest BCUT2D eigenvalue weighted by Gasteiger charge is 2.26. The van der Waals surface area contributed by atoms with E-state index in [-0.39, 0.29) is 12.4 Å². The number of rotatable bonds is 5. The van der Waals surface area contributed by atoms with Crippen LogP contribution in [0.3, 0.4) is 0 Å². The van der Waals surface area contributed by atoms with E-state index in [2.05, 4.69) is 10.5 Å². The number of carbonyl (C=O) groups excluding carboxylic acids is 1. The van der Waals surface area contributed by atoms with Crippen LogP contribution in [0.2, 0.25) is 0 Å². The second-order valence-corrected chi connectivity index (χ2v) is 5.26. The molecule has 7 heteroatoms. The lowest BCUT2D eigenvalue weighted by atomic mass is 10.2. The van der Waals surface area contributed by atoms with Gasteiger partial charge in [0, 0.05) is 0 Å². The van der Waals surface area contributed by atoms with Gasteiger partial charge in [-0.3, -0.25) is 4.79 Å². The Bertz CT molecular complexity index is 791. The van der Waals surface area contributed by atoms with Crippen molar-refractivity contribution in [2.45, 2.75) is 13.0 Å². The van der Waals surface area contributed by atoms with Crippen molar-refractivity contribution in [3.05, 3.63) is 48.0 Å². The number of hydrogen-bond acceptors (Lipinski definition) is 6. The van der Waals surface area contributed by atoms with Crippen molar-refractivity contribution in [1.82, 2.24) is 5.43 Å². The maximum absolute atomic E-state index is 12.1. The molecule has 1 heterocycles. The van der Waals surface area contributed by atoms with E-state index in [0.717, 1.165) is 0 Å². The van der Waals surface area contributed by atoms with Gasteiger partial charge in [-0.05, 0) is 42.8 Å². The number of aromatic hydroxyl groups is 1. The monoisotopic (exact) mass is 342 g/mol. The molecule has 0 fully saturated rings. The van der Waals surface area contributed by atoms with E-state index in [1.165, 1.54) is 12.3 Å². The molecule has 1 unspecified atom stereocenters. The zero-order valence-electron chi connectivity index (χ0n) is 13.6. The minimum atomic E-state index is -0.772. The lowest BCUT2D eigenvalue weighted by Crippen LogP contribution is -2.42. The lowest BCUT2D eigenvalue weighted by molar-refractivity contribution is -0.130. The van der Waals surface area contributed by atoms with Crippen LogP contribution in [0.25, 0.3) is 0 Å². The van der Waals surface area contributed by atoms with E-state index in [1.54, 1.807) is 30.3 Å². The summed E-state index contributed by atoms with van der Waals surface area (Å²) in [4.78, 5) is 12.1. The van der Waals surface area contributed by atoms with E-state index in [1.807, 2.05) is 13.0 Å². The van der Waals surface area contributed by atoms with Gasteiger partial charge < -0.3 is 19.3 Å². The molecule has 0 radical (unpaired) electrons. The fourth-order valence-electron chi connectivity index (χ4n) is 2.27. The maximum Gasteiger partial charge on any atom is 0.284 e. The molecule has 0 aliphatic carbocycles. The number of para-hydroxylation sites is 2. The van der Waals surface area contributed by atoms with Crippen LogP contribution in [0.4, 0.5) is 0 Å². The second kappa shape index (κ2) is 7.57. The summed E-state index contributed by atoms with van der Waals surface area (Å²) in [5.41, 5.74) is 3.09. The van der Waals surface area contributed by atoms with Gasteiger partial charge in [0.1, 0.15) is 6.61 Å². The quantitative estimate of drug-likeness (QED) is 0.641. The number of ether oxygens (including phenoxy) is 3. The van der Waals surface area contributed by atoms with Crippen LogP contribution in [0.15, 0.2) is 47.6 Å². The Morgan fingerprint density at radius 3 is 2.96 bits per heavy atom. The van der Waals surface area contributed by atoms with Crippen LogP contribution in [0.5, 0.6) is 23.0 Å². The first-order valence-corrected chi connectivity index (χ1v) is 7.84. The summed E-state index contributed by atoms with van der Waals surface area (Å²) in [7, 11) is 0. The predicted octanol–water partition coefficient (Wildman–Crippen LogP) is 2.08. The number of amides is 1. The zero-order valence-corrected chi connectivity index (χ0v) is 13.6. The Kier molecular flexibility index (Phi) is 5.03. The van der Waals surface area contributed by atoms with Crippen molar-refractivity contribution < 1.29 is 24.1 Å². The van der Waals surface area contributed by atoms with Crippen molar-refractivity contribution >= 4 is 12.1 Å². The molecule has 1 atom stereocenters. The van der Waals surface area contributed by atoms with Crippen LogP contribution >= 0.6 is 0 Å². The molecule has 1 aliphatic heterocycles. The molecular formula is C18H18N2O5. The third-order valence-corrected chi connectivity index (χ3v) is 3.47. The first-order chi connectivity index (χ1) is 12.2. The molecule has 0 aromatic heterocycles. The first-order valence-electron chi connectivity index (χ1n) is 7.84. The molecule has 2 N–H and O–H groups in total. The number of benzene rings is 2. The highest BCUT2D eigenvalue weighted by Crippen LogP contribution is 2.30. The highest BCUT2D eigenvalue weighted by atomic mass is 16.6. The number of phenolic OH excluding ortho intramolecular Hbond substituents is 1. The highest BCUT2D eigenvalue weighted by molar-refractivity contribution is 5.85. The minimum Gasteiger partial charge on any atom is -0.504 e. The fourth-order valence-corrected chi connectivity index (χ4v) is 2.27. The number of nitrogens with one attached hydrogen (secondary N) is 1. The fraction of sp³-hybridized carbons (Fsp3) is 0.222. The van der Waals surface area contributed by atoms with Crippen LogP contribution in [0.1, 0.15) is 12.5 Å². The molecule has 2 aromatic carbocycles. The third kappa shape index (κ3) is 4.00. The summed E-state index contributed by atoms with van der Waals surface area (Å²) >= 11 is 0. The van der Waals surface area contributed by atoms with Gasteiger partial charge in [-0.1, -0.05) is 12.1 Å². The van der Waals surface area contributed by atoms with E-state index in [4.69, 9.17) is 14.2 Å². The van der Waals surface area contributed by atoms with Crippen molar-refractivity contribution in [2.24, 2.45) is 5.10 Å². The van der Waals surface area contributed by atoms with Crippen molar-refractivity contribution in [3.8, 4) is 23.0 Å². The van der Waals surface area contributed by atoms with Gasteiger partial charge in [-0.2, -0.15) is 5.10 Å². The van der Waals surface area contributed by atoms with Crippen LogP contribution < -0.4 is 19.6 Å². The third-order valence-electron chi connectivity index (χ3n) is 3.47. The Morgan fingerprint density at radius 2 is 2.16 bits per heavy atom. The number of nitrogens with zero attached hydrogens (tertiary/aromatic N) is 1. The molecule has 130 valence electrons. The number of phenols is 1. The largest absolute Gasteiger partial charge is 0.504 e. The average Bonchev–Trinajstić information content (AvgIpc) is 2.64. The summed E-state index contributed by atoms with van der Waals surface area (Å²) in [6.45, 7) is 2.38. The zero-order chi connectivity index (χ0) is 17.6. The summed E-state index contributed by atoms with van der Waals surface area (Å²) in [5, 5.41) is 13.6. The normalized spacial score (nSPS) is 15.8. The Labute approximate surface area is 144 Å². The molecule has 0 saturated carbocycles. The van der Waals surface area contributed by atoms with Crippen molar-refractivity contribution in [3.63, 3.8) is 0 Å². The molecule has 25 heavy (non-hydrogen) atoms. The molecule has 1 amide bonds. The summed E-state index contributed by atoms with van der Waals surface area (Å²) in [5.74, 6) is 1.14. The predicted molar refractivity (Wildman–Crippen MR) is 91.4 cm³/mol. The Balaban J connectivity index is 1.59. The van der Waals surface area contributed by atoms with Crippen LogP contribution in [-0.4, -0.2) is 36.5 Å². The standard InChI is InChI=1S/C18H18N2O5/c1-2-23-16-9-12(7-8-13(16)21)10-19-20-18(22)17-11-24-14-5-3-4-6-15(14)25-17/h3-10,17,21H,2,11H2,1H3,(H,20,22)/b19-10-. The van der Waals surface area contributed by atoms with Gasteiger partial charge in [0.2, 0.25) is 6.10 Å². The second-order valence-electron chi connectivity index (χ2n) is 5.26. The van der Waals surface area contributed by atoms with Crippen molar-refractivity contribution in [2.75, 3.05) is 13.2 Å². The molecule has 0 spiro atoms. The molecular weight excluding hydrogens is 324 g/mol. The van der Waals surface area contributed by atoms with Gasteiger partial charge in [0.05, 0.1) is 12.8 Å². The van der Waals surface area contributed by atoms with Crippen LogP contribution in [-0.2, 0) is 4.79 Å². The smallest absolute Gasteiger partial charge is 0.284 e. The topological polar surface area (TPSA) is 89.4 Å². The first kappa shape index (κ1) is 16.6. The van der Waals surface area contributed by atoms with Crippen molar-refractivity contribution in [1.29, 1.82) is 0 Å². The van der Waals surface area contributed by atoms with E-state index < -0.39 is 12.0 Å². The summed E-state index contributed by atoms with van der Waals surface area (Å²) in [6.07, 6.45) is 0.683. The molecule has 1 aliphatic rings. The molecule has 0 saturated heterocycles. The van der Waals surface area contributed by atoms with E-state index in [0.29, 0.717) is 29.4 Å². The van der Waals surface area contributed by atoms with E-state index >= 15 is 0 Å². The van der Waals surface area contributed by atoms with Gasteiger partial charge in [0.15, 0.2) is 23.0 Å². The maximum atomic E-state index is 12.1. The number of hydrazone groups is 1. The molecule has 7 nitrogen and oxygen atoms in total. The van der Waals surface area contributed by atoms with Gasteiger partial charge >= 0.3 is 0 Å².